The van der Waals surface area contributed by atoms with Crippen LogP contribution in [0.25, 0.3) is 0 Å². The number of hydrogen-bond donors (Lipinski definition) is 2. The van der Waals surface area contributed by atoms with Crippen LogP contribution in [-0.4, -0.2) is 10.9 Å². The quantitative estimate of drug-likeness (QED) is 0.787. The van der Waals surface area contributed by atoms with Gasteiger partial charge in [0.1, 0.15) is 0 Å². The highest BCUT2D eigenvalue weighted by molar-refractivity contribution is 7.80. The minimum atomic E-state index is -0.0173. The van der Waals surface area contributed by atoms with Gasteiger partial charge in [-0.2, -0.15) is 0 Å². The number of nitrogens with one attached hydrogen (secondary N) is 1. The molecular weight excluding hydrogens is 220 g/mol. The molecule has 0 unspecified atom stereocenters. The topological polar surface area (TPSA) is 55.1 Å². The number of amides is 1. The molecule has 3 N–H and O–H groups in total. The second-order valence-electron chi connectivity index (χ2n) is 3.98. The predicted molar refractivity (Wildman–Crippen MR) is 70.4 cm³/mol. The van der Waals surface area contributed by atoms with Gasteiger partial charge in [-0.25, -0.2) is 0 Å². The molecule has 4 heteroatoms. The Bertz CT molecular complexity index is 385. The first-order valence-electron chi connectivity index (χ1n) is 5.17. The van der Waals surface area contributed by atoms with E-state index in [0.717, 1.165) is 11.3 Å². The smallest absolute Gasteiger partial charge is 0.226 e. The third-order valence-corrected chi connectivity index (χ3v) is 2.27. The van der Waals surface area contributed by atoms with Gasteiger partial charge in [0.05, 0.1) is 4.99 Å². The van der Waals surface area contributed by atoms with E-state index in [2.05, 4.69) is 5.32 Å². The molecular formula is C12H16N2OS. The lowest BCUT2D eigenvalue weighted by Gasteiger charge is -2.08. The van der Waals surface area contributed by atoms with E-state index in [0.29, 0.717) is 11.4 Å². The highest BCUT2D eigenvalue weighted by Gasteiger charge is 2.06. The lowest BCUT2D eigenvalue weighted by molar-refractivity contribution is -0.118. The second-order valence-corrected chi connectivity index (χ2v) is 4.51. The van der Waals surface area contributed by atoms with Gasteiger partial charge in [-0.15, -0.1) is 0 Å². The van der Waals surface area contributed by atoms with Crippen molar-refractivity contribution in [2.45, 2.75) is 20.3 Å². The summed E-state index contributed by atoms with van der Waals surface area (Å²) in [6.07, 6.45) is 0.591. The highest BCUT2D eigenvalue weighted by Crippen LogP contribution is 2.11. The monoisotopic (exact) mass is 236 g/mol. The van der Waals surface area contributed by atoms with Crippen LogP contribution in [0.4, 0.5) is 5.69 Å². The first-order chi connectivity index (χ1) is 7.49. The summed E-state index contributed by atoms with van der Waals surface area (Å²) >= 11 is 4.82. The van der Waals surface area contributed by atoms with Crippen molar-refractivity contribution in [3.05, 3.63) is 29.8 Å². The van der Waals surface area contributed by atoms with Gasteiger partial charge in [-0.1, -0.05) is 38.2 Å². The summed E-state index contributed by atoms with van der Waals surface area (Å²) in [6.45, 7) is 3.72. The third kappa shape index (κ3) is 3.98. The average molecular weight is 236 g/mol. The van der Waals surface area contributed by atoms with E-state index in [4.69, 9.17) is 18.0 Å². The van der Waals surface area contributed by atoms with Gasteiger partial charge in [0.15, 0.2) is 0 Å². The van der Waals surface area contributed by atoms with Crippen LogP contribution in [0.15, 0.2) is 24.3 Å². The molecule has 0 aromatic heterocycles. The Labute approximate surface area is 101 Å². The fourth-order valence-electron chi connectivity index (χ4n) is 1.19. The van der Waals surface area contributed by atoms with Crippen molar-refractivity contribution in [1.82, 2.24) is 0 Å². The number of hydrogen-bond acceptors (Lipinski definition) is 2. The van der Waals surface area contributed by atoms with Gasteiger partial charge in [-0.05, 0) is 17.7 Å². The molecule has 0 aliphatic heterocycles. The van der Waals surface area contributed by atoms with Crippen LogP contribution in [0.3, 0.4) is 0 Å². The third-order valence-electron chi connectivity index (χ3n) is 2.12. The van der Waals surface area contributed by atoms with Gasteiger partial charge in [0.25, 0.3) is 0 Å². The van der Waals surface area contributed by atoms with Gasteiger partial charge in [0.2, 0.25) is 5.91 Å². The number of rotatable bonds is 4. The van der Waals surface area contributed by atoms with E-state index >= 15 is 0 Å². The molecule has 0 aliphatic rings. The van der Waals surface area contributed by atoms with Crippen LogP contribution in [0.5, 0.6) is 0 Å². The van der Waals surface area contributed by atoms with E-state index in [-0.39, 0.29) is 11.8 Å². The van der Waals surface area contributed by atoms with Crippen molar-refractivity contribution in [2.75, 3.05) is 5.32 Å². The highest BCUT2D eigenvalue weighted by atomic mass is 32.1. The summed E-state index contributed by atoms with van der Waals surface area (Å²) in [5.74, 6) is -0.00149. The number of thiocarbonyl (C=S) groups is 1. The van der Waals surface area contributed by atoms with Gasteiger partial charge in [0, 0.05) is 18.0 Å². The van der Waals surface area contributed by atoms with Crippen molar-refractivity contribution in [2.24, 2.45) is 11.7 Å². The Morgan fingerprint density at radius 1 is 1.38 bits per heavy atom. The van der Waals surface area contributed by atoms with E-state index in [9.17, 15) is 4.79 Å². The minimum absolute atomic E-state index is 0.0158. The Morgan fingerprint density at radius 3 is 2.38 bits per heavy atom. The number of anilines is 1. The first-order valence-corrected chi connectivity index (χ1v) is 5.58. The van der Waals surface area contributed by atoms with E-state index in [1.54, 1.807) is 0 Å². The van der Waals surface area contributed by atoms with Gasteiger partial charge in [-0.3, -0.25) is 4.79 Å². The molecule has 1 aromatic carbocycles. The normalized spacial score (nSPS) is 10.2. The fourth-order valence-corrected chi connectivity index (χ4v) is 1.36. The second kappa shape index (κ2) is 5.61. The van der Waals surface area contributed by atoms with E-state index in [1.165, 1.54) is 0 Å². The summed E-state index contributed by atoms with van der Waals surface area (Å²) in [5.41, 5.74) is 7.29. The zero-order valence-electron chi connectivity index (χ0n) is 9.49. The zero-order chi connectivity index (χ0) is 12.1. The van der Waals surface area contributed by atoms with Crippen molar-refractivity contribution >= 4 is 28.8 Å². The number of nitrogens with two attached hydrogens (primary N) is 1. The molecule has 0 heterocycles. The lowest BCUT2D eigenvalue weighted by Crippen LogP contribution is -2.17. The van der Waals surface area contributed by atoms with Crippen LogP contribution in [0.2, 0.25) is 0 Å². The van der Waals surface area contributed by atoms with Crippen LogP contribution in [0.1, 0.15) is 19.4 Å². The molecule has 3 nitrogen and oxygen atoms in total. The maximum Gasteiger partial charge on any atom is 0.226 e. The molecule has 0 bridgehead atoms. The van der Waals surface area contributed by atoms with Crippen LogP contribution < -0.4 is 11.1 Å². The summed E-state index contributed by atoms with van der Waals surface area (Å²) in [5, 5.41) is 2.82. The van der Waals surface area contributed by atoms with Crippen LogP contribution >= 0.6 is 12.2 Å². The summed E-state index contributed by atoms with van der Waals surface area (Å²) < 4.78 is 0. The van der Waals surface area contributed by atoms with E-state index in [1.807, 2.05) is 38.1 Å². The zero-order valence-corrected chi connectivity index (χ0v) is 10.3. The van der Waals surface area contributed by atoms with Crippen molar-refractivity contribution in [1.29, 1.82) is 0 Å². The molecule has 0 atom stereocenters. The van der Waals surface area contributed by atoms with Crippen LogP contribution in [0, 0.1) is 5.92 Å². The fraction of sp³-hybridized carbons (Fsp3) is 0.333. The average Bonchev–Trinajstić information content (AvgIpc) is 2.20. The van der Waals surface area contributed by atoms with Crippen LogP contribution in [-0.2, 0) is 11.2 Å². The van der Waals surface area contributed by atoms with Gasteiger partial charge < -0.3 is 11.1 Å². The standard InChI is InChI=1S/C12H16N2OS/c1-8(2)12(15)14-10-5-3-9(4-6-10)7-11(13)16/h3-6,8H,7H2,1-2H3,(H2,13,16)(H,14,15). The van der Waals surface area contributed by atoms with E-state index < -0.39 is 0 Å². The molecule has 86 valence electrons. The molecule has 16 heavy (non-hydrogen) atoms. The summed E-state index contributed by atoms with van der Waals surface area (Å²) in [7, 11) is 0. The molecule has 0 spiro atoms. The molecule has 0 aliphatic carbocycles. The summed E-state index contributed by atoms with van der Waals surface area (Å²) in [4.78, 5) is 11.9. The number of carbonyl (C=O) groups is 1. The molecule has 0 fully saturated rings. The number of carbonyl (C=O) groups excluding carboxylic acids is 1. The maximum absolute atomic E-state index is 11.4. The number of benzene rings is 1. The largest absolute Gasteiger partial charge is 0.393 e. The Balaban J connectivity index is 2.64. The Kier molecular flexibility index (Phi) is 4.43. The molecule has 1 amide bonds. The van der Waals surface area contributed by atoms with Crippen molar-refractivity contribution in [3.8, 4) is 0 Å². The molecule has 0 saturated carbocycles. The Morgan fingerprint density at radius 2 is 1.94 bits per heavy atom. The lowest BCUT2D eigenvalue weighted by atomic mass is 10.1. The SMILES string of the molecule is CC(C)C(=O)Nc1ccc(CC(N)=S)cc1. The molecule has 1 rings (SSSR count). The Hall–Kier alpha value is -1.42. The maximum atomic E-state index is 11.4. The minimum Gasteiger partial charge on any atom is -0.393 e. The first kappa shape index (κ1) is 12.6. The van der Waals surface area contributed by atoms with Crippen molar-refractivity contribution in [3.63, 3.8) is 0 Å². The molecule has 1 aromatic rings. The van der Waals surface area contributed by atoms with Gasteiger partial charge >= 0.3 is 0 Å². The molecule has 0 saturated heterocycles. The molecule has 0 radical (unpaired) electrons. The predicted octanol–water partition coefficient (Wildman–Crippen LogP) is 2.11. The van der Waals surface area contributed by atoms with Crippen molar-refractivity contribution < 1.29 is 4.79 Å². The summed E-state index contributed by atoms with van der Waals surface area (Å²) in [6, 6.07) is 7.53.